The van der Waals surface area contributed by atoms with E-state index >= 15 is 0 Å². The van der Waals surface area contributed by atoms with Crippen LogP contribution in [0, 0.1) is 0 Å². The number of carbonyl (C=O) groups is 2. The Labute approximate surface area is 177 Å². The van der Waals surface area contributed by atoms with Crippen LogP contribution in [0.1, 0.15) is 47.0 Å². The lowest BCUT2D eigenvalue weighted by Crippen LogP contribution is -2.15. The first-order valence-corrected chi connectivity index (χ1v) is 10.8. The van der Waals surface area contributed by atoms with Crippen molar-refractivity contribution in [2.24, 2.45) is 0 Å². The van der Waals surface area contributed by atoms with E-state index in [0.717, 1.165) is 24.8 Å². The molecule has 0 atom stereocenters. The number of carbonyl (C=O) groups excluding carboxylic acids is 2. The van der Waals surface area contributed by atoms with Gasteiger partial charge in [-0.05, 0) is 56.4 Å². The summed E-state index contributed by atoms with van der Waals surface area (Å²) in [6.07, 6.45) is 3.62. The molecular weight excluding hydrogens is 421 g/mol. The summed E-state index contributed by atoms with van der Waals surface area (Å²) in [6, 6.07) is 5.00. The third kappa shape index (κ3) is 4.99. The van der Waals surface area contributed by atoms with E-state index in [9.17, 15) is 9.59 Å². The molecule has 1 aromatic heterocycles. The van der Waals surface area contributed by atoms with Crippen molar-refractivity contribution in [2.75, 3.05) is 18.5 Å². The number of nitrogens with one attached hydrogen (secondary N) is 1. The number of anilines is 1. The highest BCUT2D eigenvalue weighted by molar-refractivity contribution is 7.17. The Balaban J connectivity index is 1.54. The zero-order chi connectivity index (χ0) is 20.1. The maximum Gasteiger partial charge on any atom is 0.341 e. The van der Waals surface area contributed by atoms with Gasteiger partial charge < -0.3 is 14.8 Å². The minimum atomic E-state index is -0.363. The molecule has 3 rings (SSSR count). The van der Waals surface area contributed by atoms with Crippen molar-refractivity contribution in [3.05, 3.63) is 44.2 Å². The van der Waals surface area contributed by atoms with Gasteiger partial charge in [0.1, 0.15) is 10.8 Å². The monoisotopic (exact) mass is 441 g/mol. The van der Waals surface area contributed by atoms with Crippen molar-refractivity contribution < 1.29 is 19.1 Å². The number of fused-ring (bicyclic) bond motifs is 1. The van der Waals surface area contributed by atoms with Crippen LogP contribution in [0.4, 0.5) is 5.00 Å². The maximum absolute atomic E-state index is 12.3. The van der Waals surface area contributed by atoms with E-state index in [4.69, 9.17) is 32.7 Å². The predicted molar refractivity (Wildman–Crippen MR) is 112 cm³/mol. The van der Waals surface area contributed by atoms with Crippen LogP contribution in [-0.2, 0) is 22.4 Å². The lowest BCUT2D eigenvalue weighted by atomic mass is 10.1. The minimum Gasteiger partial charge on any atom is -0.492 e. The second-order valence-corrected chi connectivity index (χ2v) is 8.31. The Morgan fingerprint density at radius 1 is 1.25 bits per heavy atom. The Morgan fingerprint density at radius 2 is 2.07 bits per heavy atom. The fraction of sp³-hybridized carbons (Fsp3) is 0.400. The molecule has 0 aliphatic heterocycles. The van der Waals surface area contributed by atoms with Gasteiger partial charge in [-0.1, -0.05) is 23.2 Å². The minimum absolute atomic E-state index is 0.156. The number of rotatable bonds is 8. The smallest absolute Gasteiger partial charge is 0.341 e. The van der Waals surface area contributed by atoms with Gasteiger partial charge in [0.05, 0.1) is 23.8 Å². The van der Waals surface area contributed by atoms with Crippen molar-refractivity contribution in [1.29, 1.82) is 0 Å². The number of hydrogen-bond donors (Lipinski definition) is 1. The molecule has 28 heavy (non-hydrogen) atoms. The normalized spacial score (nSPS) is 12.5. The number of amides is 1. The average molecular weight is 442 g/mol. The number of benzene rings is 1. The SMILES string of the molecule is CCOC(=O)c1c(NC(=O)CCCOc2ccc(Cl)cc2Cl)sc2c1CCC2. The number of aryl methyl sites for hydroxylation is 1. The number of hydrogen-bond acceptors (Lipinski definition) is 5. The van der Waals surface area contributed by atoms with E-state index < -0.39 is 0 Å². The summed E-state index contributed by atoms with van der Waals surface area (Å²) < 4.78 is 10.8. The Kier molecular flexibility index (Phi) is 7.21. The summed E-state index contributed by atoms with van der Waals surface area (Å²) in [7, 11) is 0. The summed E-state index contributed by atoms with van der Waals surface area (Å²) in [5.74, 6) is 0.0138. The third-order valence-electron chi connectivity index (χ3n) is 4.35. The summed E-state index contributed by atoms with van der Waals surface area (Å²) in [5, 5.41) is 4.44. The van der Waals surface area contributed by atoms with Gasteiger partial charge in [-0.25, -0.2) is 4.79 Å². The van der Waals surface area contributed by atoms with Crippen molar-refractivity contribution in [3.63, 3.8) is 0 Å². The number of halogens is 2. The summed E-state index contributed by atoms with van der Waals surface area (Å²) in [4.78, 5) is 25.8. The third-order valence-corrected chi connectivity index (χ3v) is 6.09. The molecule has 0 spiro atoms. The van der Waals surface area contributed by atoms with Crippen LogP contribution in [0.3, 0.4) is 0 Å². The standard InChI is InChI=1S/C20H21Cl2NO4S/c1-2-26-20(25)18-13-5-3-6-16(13)28-19(18)23-17(24)7-4-10-27-15-9-8-12(21)11-14(15)22/h8-9,11H,2-7,10H2,1H3,(H,23,24). The van der Waals surface area contributed by atoms with Crippen LogP contribution in [0.5, 0.6) is 5.75 Å². The first-order valence-electron chi connectivity index (χ1n) is 9.19. The van der Waals surface area contributed by atoms with Gasteiger partial charge >= 0.3 is 5.97 Å². The Morgan fingerprint density at radius 3 is 2.82 bits per heavy atom. The van der Waals surface area contributed by atoms with Crippen molar-refractivity contribution >= 4 is 51.4 Å². The second kappa shape index (κ2) is 9.63. The average Bonchev–Trinajstić information content (AvgIpc) is 3.21. The molecule has 1 aliphatic rings. The van der Waals surface area contributed by atoms with E-state index in [1.54, 1.807) is 25.1 Å². The van der Waals surface area contributed by atoms with Crippen molar-refractivity contribution in [3.8, 4) is 5.75 Å². The van der Waals surface area contributed by atoms with Gasteiger partial charge in [0.2, 0.25) is 5.91 Å². The van der Waals surface area contributed by atoms with E-state index in [0.29, 0.717) is 46.0 Å². The fourth-order valence-corrected chi connectivity index (χ4v) is 4.86. The highest BCUT2D eigenvalue weighted by atomic mass is 35.5. The van der Waals surface area contributed by atoms with Crippen LogP contribution >= 0.6 is 34.5 Å². The van der Waals surface area contributed by atoms with Crippen LogP contribution < -0.4 is 10.1 Å². The number of thiophene rings is 1. The van der Waals surface area contributed by atoms with Crippen LogP contribution in [0.15, 0.2) is 18.2 Å². The molecule has 0 unspecified atom stereocenters. The van der Waals surface area contributed by atoms with Gasteiger partial charge in [0.15, 0.2) is 0 Å². The van der Waals surface area contributed by atoms with Gasteiger partial charge in [-0.15, -0.1) is 11.3 Å². The molecule has 0 bridgehead atoms. The molecule has 150 valence electrons. The predicted octanol–water partition coefficient (Wildman–Crippen LogP) is 5.52. The molecule has 1 heterocycles. The van der Waals surface area contributed by atoms with Gasteiger partial charge in [0.25, 0.3) is 0 Å². The lowest BCUT2D eigenvalue weighted by Gasteiger charge is -2.09. The second-order valence-electron chi connectivity index (χ2n) is 6.36. The summed E-state index contributed by atoms with van der Waals surface area (Å²) >= 11 is 13.4. The first kappa shape index (κ1) is 21.0. The molecule has 0 saturated carbocycles. The first-order chi connectivity index (χ1) is 13.5. The van der Waals surface area contributed by atoms with Crippen molar-refractivity contribution in [2.45, 2.75) is 39.0 Å². The molecule has 1 aromatic carbocycles. The summed E-state index contributed by atoms with van der Waals surface area (Å²) in [6.45, 7) is 2.43. The topological polar surface area (TPSA) is 64.6 Å². The quantitative estimate of drug-likeness (QED) is 0.432. The molecule has 2 aromatic rings. The molecule has 1 N–H and O–H groups in total. The number of ether oxygens (including phenoxy) is 2. The number of esters is 1. The highest BCUT2D eigenvalue weighted by Gasteiger charge is 2.28. The van der Waals surface area contributed by atoms with E-state index in [1.807, 2.05) is 0 Å². The summed E-state index contributed by atoms with van der Waals surface area (Å²) in [5.41, 5.74) is 1.55. The van der Waals surface area contributed by atoms with E-state index in [1.165, 1.54) is 16.2 Å². The van der Waals surface area contributed by atoms with Gasteiger partial charge in [-0.2, -0.15) is 0 Å². The van der Waals surface area contributed by atoms with Crippen LogP contribution in [0.2, 0.25) is 10.0 Å². The Hall–Kier alpha value is -1.76. The molecule has 5 nitrogen and oxygen atoms in total. The Bertz CT molecular complexity index is 881. The zero-order valence-corrected chi connectivity index (χ0v) is 17.8. The van der Waals surface area contributed by atoms with Gasteiger partial charge in [0, 0.05) is 16.3 Å². The van der Waals surface area contributed by atoms with Crippen LogP contribution in [0.25, 0.3) is 0 Å². The van der Waals surface area contributed by atoms with Crippen molar-refractivity contribution in [1.82, 2.24) is 0 Å². The molecule has 1 amide bonds. The van der Waals surface area contributed by atoms with E-state index in [2.05, 4.69) is 5.32 Å². The van der Waals surface area contributed by atoms with Gasteiger partial charge in [-0.3, -0.25) is 4.79 Å². The fourth-order valence-electron chi connectivity index (χ4n) is 3.11. The largest absolute Gasteiger partial charge is 0.492 e. The molecule has 8 heteroatoms. The van der Waals surface area contributed by atoms with E-state index in [-0.39, 0.29) is 18.3 Å². The van der Waals surface area contributed by atoms with Crippen LogP contribution in [-0.4, -0.2) is 25.1 Å². The molecular formula is C20H21Cl2NO4S. The molecule has 0 saturated heterocycles. The lowest BCUT2D eigenvalue weighted by molar-refractivity contribution is -0.116. The zero-order valence-electron chi connectivity index (χ0n) is 15.5. The molecule has 0 fully saturated rings. The molecule has 0 radical (unpaired) electrons. The molecule has 1 aliphatic carbocycles. The highest BCUT2D eigenvalue weighted by Crippen LogP contribution is 2.39. The maximum atomic E-state index is 12.3.